The zero-order valence-electron chi connectivity index (χ0n) is 21.2. The molecule has 1 amide bonds. The Bertz CT molecular complexity index is 1120. The zero-order chi connectivity index (χ0) is 25.3. The number of nitrogens with one attached hydrogen (secondary N) is 4. The first-order valence-electron chi connectivity index (χ1n) is 12.9. The average Bonchev–Trinajstić information content (AvgIpc) is 3.37. The summed E-state index contributed by atoms with van der Waals surface area (Å²) in [6.07, 6.45) is 2.41. The van der Waals surface area contributed by atoms with Crippen LogP contribution < -0.4 is 21.3 Å². The van der Waals surface area contributed by atoms with Crippen LogP contribution >= 0.6 is 11.6 Å². The summed E-state index contributed by atoms with van der Waals surface area (Å²) in [5, 5.41) is 13.7. The number of carbonyl (C=O) groups is 1. The maximum Gasteiger partial charge on any atom is 0.252 e. The van der Waals surface area contributed by atoms with Gasteiger partial charge in [0.15, 0.2) is 0 Å². The molecule has 0 spiro atoms. The van der Waals surface area contributed by atoms with E-state index in [2.05, 4.69) is 59.4 Å². The molecule has 0 unspecified atom stereocenters. The zero-order valence-corrected chi connectivity index (χ0v) is 22.0. The molecule has 1 atom stereocenters. The lowest BCUT2D eigenvalue weighted by atomic mass is 9.98. The third-order valence-electron chi connectivity index (χ3n) is 6.80. The molecule has 6 nitrogen and oxygen atoms in total. The van der Waals surface area contributed by atoms with Crippen LogP contribution in [0.4, 0.5) is 0 Å². The summed E-state index contributed by atoms with van der Waals surface area (Å²) in [5.74, 6) is 2.09. The Morgan fingerprint density at radius 2 is 1.86 bits per heavy atom. The van der Waals surface area contributed by atoms with Crippen molar-refractivity contribution in [1.82, 2.24) is 21.3 Å². The molecule has 0 aliphatic carbocycles. The summed E-state index contributed by atoms with van der Waals surface area (Å²) in [5.41, 5.74) is 3.77. The smallest absolute Gasteiger partial charge is 0.252 e. The van der Waals surface area contributed by atoms with E-state index >= 15 is 0 Å². The third kappa shape index (κ3) is 7.43. The van der Waals surface area contributed by atoms with Gasteiger partial charge in [-0.2, -0.15) is 0 Å². The molecule has 4 rings (SSSR count). The molecule has 0 bridgehead atoms. The van der Waals surface area contributed by atoms with Crippen molar-refractivity contribution in [3.05, 3.63) is 82.1 Å². The van der Waals surface area contributed by atoms with E-state index in [4.69, 9.17) is 16.0 Å². The van der Waals surface area contributed by atoms with E-state index in [-0.39, 0.29) is 11.9 Å². The van der Waals surface area contributed by atoms with E-state index in [1.807, 2.05) is 18.2 Å². The first-order valence-corrected chi connectivity index (χ1v) is 13.3. The van der Waals surface area contributed by atoms with E-state index in [1.165, 1.54) is 24.0 Å². The Kier molecular flexibility index (Phi) is 9.59. The fourth-order valence-corrected chi connectivity index (χ4v) is 4.66. The normalized spacial score (nSPS) is 15.1. The second kappa shape index (κ2) is 13.1. The lowest BCUT2D eigenvalue weighted by Crippen LogP contribution is -2.37. The van der Waals surface area contributed by atoms with E-state index in [0.29, 0.717) is 35.4 Å². The van der Waals surface area contributed by atoms with Crippen molar-refractivity contribution < 1.29 is 9.21 Å². The topological polar surface area (TPSA) is 78.3 Å². The van der Waals surface area contributed by atoms with Gasteiger partial charge in [-0.05, 0) is 88.1 Å². The summed E-state index contributed by atoms with van der Waals surface area (Å²) < 4.78 is 6.07. The van der Waals surface area contributed by atoms with Gasteiger partial charge >= 0.3 is 0 Å². The Balaban J connectivity index is 1.28. The highest BCUT2D eigenvalue weighted by atomic mass is 35.5. The molecule has 2 heterocycles. The molecule has 3 aromatic rings. The van der Waals surface area contributed by atoms with Gasteiger partial charge in [0.2, 0.25) is 0 Å². The van der Waals surface area contributed by atoms with E-state index in [9.17, 15) is 4.79 Å². The number of hydrogen-bond donors (Lipinski definition) is 4. The minimum Gasteiger partial charge on any atom is -0.460 e. The van der Waals surface area contributed by atoms with Crippen molar-refractivity contribution in [1.29, 1.82) is 0 Å². The second-order valence-corrected chi connectivity index (χ2v) is 10.0. The van der Waals surface area contributed by atoms with Gasteiger partial charge in [-0.25, -0.2) is 0 Å². The molecule has 4 N–H and O–H groups in total. The number of rotatable bonds is 11. The van der Waals surface area contributed by atoms with Gasteiger partial charge < -0.3 is 25.7 Å². The van der Waals surface area contributed by atoms with Gasteiger partial charge in [0.05, 0.1) is 17.1 Å². The monoisotopic (exact) mass is 508 g/mol. The van der Waals surface area contributed by atoms with Crippen molar-refractivity contribution in [3.8, 4) is 11.3 Å². The molecule has 1 aliphatic heterocycles. The fourth-order valence-electron chi connectivity index (χ4n) is 4.46. The molecule has 0 saturated carbocycles. The highest BCUT2D eigenvalue weighted by Crippen LogP contribution is 2.27. The van der Waals surface area contributed by atoms with Gasteiger partial charge in [-0.3, -0.25) is 4.79 Å². The van der Waals surface area contributed by atoms with Crippen LogP contribution in [-0.2, 0) is 6.54 Å². The Hall–Kier alpha value is -2.64. The predicted molar refractivity (Wildman–Crippen MR) is 146 cm³/mol. The van der Waals surface area contributed by atoms with Crippen LogP contribution in [0.3, 0.4) is 0 Å². The first kappa shape index (κ1) is 26.4. The fraction of sp³-hybridized carbons (Fsp3) is 0.414. The molecule has 1 fully saturated rings. The molecule has 0 radical (unpaired) electrons. The number of halogens is 1. The van der Waals surface area contributed by atoms with Crippen molar-refractivity contribution in [2.45, 2.75) is 39.3 Å². The predicted octanol–water partition coefficient (Wildman–Crippen LogP) is 5.08. The minimum atomic E-state index is -0.175. The van der Waals surface area contributed by atoms with Crippen LogP contribution in [0, 0.1) is 12.8 Å². The molecular formula is C29H37ClN4O2. The summed E-state index contributed by atoms with van der Waals surface area (Å²) >= 11 is 6.35. The Morgan fingerprint density at radius 3 is 2.64 bits per heavy atom. The summed E-state index contributed by atoms with van der Waals surface area (Å²) in [6.45, 7) is 9.32. The SMILES string of the molecule is Cc1ccc([C@@H](C)NCc2ccc(-c3ccc(Cl)c(C(=O)NCCNCC4CCNCC4)c3)o2)cc1. The summed E-state index contributed by atoms with van der Waals surface area (Å²) in [7, 11) is 0. The lowest BCUT2D eigenvalue weighted by molar-refractivity contribution is 0.0954. The van der Waals surface area contributed by atoms with E-state index in [1.54, 1.807) is 12.1 Å². The van der Waals surface area contributed by atoms with Crippen molar-refractivity contribution in [2.75, 3.05) is 32.7 Å². The largest absolute Gasteiger partial charge is 0.460 e. The van der Waals surface area contributed by atoms with Crippen LogP contribution in [0.15, 0.2) is 59.0 Å². The van der Waals surface area contributed by atoms with Crippen LogP contribution in [-0.4, -0.2) is 38.6 Å². The molecular weight excluding hydrogens is 472 g/mol. The summed E-state index contributed by atoms with van der Waals surface area (Å²) in [4.78, 5) is 12.8. The van der Waals surface area contributed by atoms with Crippen molar-refractivity contribution in [2.24, 2.45) is 5.92 Å². The van der Waals surface area contributed by atoms with Crippen LogP contribution in [0.25, 0.3) is 11.3 Å². The first-order chi connectivity index (χ1) is 17.5. The molecule has 2 aromatic carbocycles. The van der Waals surface area contributed by atoms with Crippen LogP contribution in [0.1, 0.15) is 53.1 Å². The quantitative estimate of drug-likeness (QED) is 0.272. The van der Waals surface area contributed by atoms with Gasteiger partial charge in [-0.15, -0.1) is 0 Å². The highest BCUT2D eigenvalue weighted by Gasteiger charge is 2.15. The number of carbonyl (C=O) groups excluding carboxylic acids is 1. The average molecular weight is 509 g/mol. The second-order valence-electron chi connectivity index (χ2n) is 9.63. The number of hydrogen-bond acceptors (Lipinski definition) is 5. The maximum absolute atomic E-state index is 12.8. The van der Waals surface area contributed by atoms with Gasteiger partial charge in [-0.1, -0.05) is 41.4 Å². The number of amides is 1. The lowest BCUT2D eigenvalue weighted by Gasteiger charge is -2.22. The Labute approximate surface area is 219 Å². The van der Waals surface area contributed by atoms with Gasteiger partial charge in [0.25, 0.3) is 5.91 Å². The molecule has 36 heavy (non-hydrogen) atoms. The van der Waals surface area contributed by atoms with E-state index in [0.717, 1.165) is 37.5 Å². The number of aryl methyl sites for hydroxylation is 1. The number of furan rings is 1. The molecule has 1 aromatic heterocycles. The van der Waals surface area contributed by atoms with Crippen molar-refractivity contribution in [3.63, 3.8) is 0 Å². The van der Waals surface area contributed by atoms with Crippen LogP contribution in [0.5, 0.6) is 0 Å². The number of benzene rings is 2. The maximum atomic E-state index is 12.8. The van der Waals surface area contributed by atoms with E-state index < -0.39 is 0 Å². The number of piperidine rings is 1. The molecule has 7 heteroatoms. The van der Waals surface area contributed by atoms with Crippen LogP contribution in [0.2, 0.25) is 5.02 Å². The molecule has 192 valence electrons. The third-order valence-corrected chi connectivity index (χ3v) is 7.13. The van der Waals surface area contributed by atoms with Crippen molar-refractivity contribution >= 4 is 17.5 Å². The summed E-state index contributed by atoms with van der Waals surface area (Å²) in [6, 6.07) is 18.1. The standard InChI is InChI=1S/C29H37ClN4O2/c1-20-3-5-23(6-4-20)21(2)34-19-25-8-10-28(36-25)24-7-9-27(30)26(17-24)29(35)33-16-15-32-18-22-11-13-31-14-12-22/h3-10,17,21-22,31-32,34H,11-16,18-19H2,1-2H3,(H,33,35)/t21-/m1/s1. The highest BCUT2D eigenvalue weighted by molar-refractivity contribution is 6.34. The van der Waals surface area contributed by atoms with Gasteiger partial charge in [0.1, 0.15) is 11.5 Å². The molecule has 1 saturated heterocycles. The van der Waals surface area contributed by atoms with Gasteiger partial charge in [0, 0.05) is 24.7 Å². The Morgan fingerprint density at radius 1 is 1.08 bits per heavy atom. The molecule has 1 aliphatic rings. The minimum absolute atomic E-state index is 0.175.